The fourth-order valence-corrected chi connectivity index (χ4v) is 2.54. The lowest BCUT2D eigenvalue weighted by atomic mass is 10.0. The van der Waals surface area contributed by atoms with E-state index in [2.05, 4.69) is 15.5 Å². The van der Waals surface area contributed by atoms with Crippen molar-refractivity contribution in [2.24, 2.45) is 5.92 Å². The molecule has 0 aliphatic carbocycles. The molecule has 0 spiro atoms. The number of hydrogen-bond acceptors (Lipinski definition) is 6. The first-order valence-corrected chi connectivity index (χ1v) is 9.01. The van der Waals surface area contributed by atoms with Gasteiger partial charge in [-0.2, -0.15) is 9.90 Å². The average Bonchev–Trinajstić information content (AvgIpc) is 3.03. The third kappa shape index (κ3) is 5.78. The molecule has 152 valence electrons. The molecule has 1 atom stereocenters. The molecule has 28 heavy (non-hydrogen) atoms. The molecule has 0 fully saturated rings. The minimum atomic E-state index is -1.07. The van der Waals surface area contributed by atoms with Gasteiger partial charge in [-0.15, -0.1) is 5.10 Å². The standard InChI is InChI=1S/C19H26N4O5/c1-12(2)11-16(19(25)26)20-18(24)17-13(3)21-23(22-17)14-5-7-15(8-6-14)28-10-9-27-4/h5-8,12,16H,9-11H2,1-4H3,(H,20,24)(H,25,26). The van der Waals surface area contributed by atoms with Crippen LogP contribution in [-0.2, 0) is 9.53 Å². The Morgan fingerprint density at radius 3 is 2.43 bits per heavy atom. The number of hydrogen-bond donors (Lipinski definition) is 2. The largest absolute Gasteiger partial charge is 0.491 e. The second-order valence-corrected chi connectivity index (χ2v) is 6.75. The number of aliphatic carboxylic acids is 1. The fourth-order valence-electron chi connectivity index (χ4n) is 2.54. The molecule has 0 saturated heterocycles. The van der Waals surface area contributed by atoms with Crippen molar-refractivity contribution in [2.45, 2.75) is 33.2 Å². The Labute approximate surface area is 163 Å². The van der Waals surface area contributed by atoms with Crippen LogP contribution in [0.5, 0.6) is 5.75 Å². The minimum absolute atomic E-state index is 0.0930. The van der Waals surface area contributed by atoms with Gasteiger partial charge in [0.2, 0.25) is 0 Å². The zero-order chi connectivity index (χ0) is 20.7. The number of carboxylic acids is 1. The van der Waals surface area contributed by atoms with Crippen LogP contribution in [0.15, 0.2) is 24.3 Å². The van der Waals surface area contributed by atoms with Gasteiger partial charge in [-0.3, -0.25) is 4.79 Å². The highest BCUT2D eigenvalue weighted by Crippen LogP contribution is 2.15. The van der Waals surface area contributed by atoms with Crippen molar-refractivity contribution in [2.75, 3.05) is 20.3 Å². The van der Waals surface area contributed by atoms with Gasteiger partial charge in [-0.25, -0.2) is 4.79 Å². The zero-order valence-corrected chi connectivity index (χ0v) is 16.5. The van der Waals surface area contributed by atoms with E-state index in [1.54, 1.807) is 38.3 Å². The lowest BCUT2D eigenvalue weighted by Crippen LogP contribution is -2.42. The molecule has 0 bridgehead atoms. The lowest BCUT2D eigenvalue weighted by molar-refractivity contribution is -0.139. The topological polar surface area (TPSA) is 116 Å². The molecule has 1 unspecified atom stereocenters. The maximum atomic E-state index is 12.5. The van der Waals surface area contributed by atoms with E-state index >= 15 is 0 Å². The molecule has 1 amide bonds. The first-order chi connectivity index (χ1) is 13.3. The zero-order valence-electron chi connectivity index (χ0n) is 16.5. The van der Waals surface area contributed by atoms with Gasteiger partial charge >= 0.3 is 5.97 Å². The molecule has 0 aliphatic heterocycles. The van der Waals surface area contributed by atoms with Crippen molar-refractivity contribution in [1.82, 2.24) is 20.3 Å². The summed E-state index contributed by atoms with van der Waals surface area (Å²) in [6.45, 7) is 6.38. The van der Waals surface area contributed by atoms with Crippen LogP contribution < -0.4 is 10.1 Å². The molecule has 2 aromatic rings. The van der Waals surface area contributed by atoms with Crippen LogP contribution in [-0.4, -0.2) is 58.3 Å². The van der Waals surface area contributed by atoms with Crippen molar-refractivity contribution >= 4 is 11.9 Å². The predicted octanol–water partition coefficient (Wildman–Crippen LogP) is 1.83. The van der Waals surface area contributed by atoms with Crippen LogP contribution >= 0.6 is 0 Å². The number of ether oxygens (including phenoxy) is 2. The van der Waals surface area contributed by atoms with Crippen LogP contribution in [0.2, 0.25) is 0 Å². The van der Waals surface area contributed by atoms with Crippen LogP contribution in [0.3, 0.4) is 0 Å². The van der Waals surface area contributed by atoms with Crippen LogP contribution in [0, 0.1) is 12.8 Å². The van der Waals surface area contributed by atoms with Crippen molar-refractivity contribution in [3.63, 3.8) is 0 Å². The summed E-state index contributed by atoms with van der Waals surface area (Å²) < 4.78 is 10.4. The number of aromatic nitrogens is 3. The van der Waals surface area contributed by atoms with E-state index in [-0.39, 0.29) is 11.6 Å². The molecular weight excluding hydrogens is 364 g/mol. The van der Waals surface area contributed by atoms with Gasteiger partial charge in [0.15, 0.2) is 5.69 Å². The SMILES string of the molecule is COCCOc1ccc(-n2nc(C)c(C(=O)NC(CC(C)C)C(=O)O)n2)cc1. The van der Waals surface area contributed by atoms with E-state index in [4.69, 9.17) is 9.47 Å². The van der Waals surface area contributed by atoms with Crippen molar-refractivity contribution in [1.29, 1.82) is 0 Å². The summed E-state index contributed by atoms with van der Waals surface area (Å²) in [6.07, 6.45) is 0.332. The van der Waals surface area contributed by atoms with E-state index in [0.29, 0.717) is 36.8 Å². The molecule has 9 nitrogen and oxygen atoms in total. The number of benzene rings is 1. The number of nitrogens with zero attached hydrogens (tertiary/aromatic N) is 3. The van der Waals surface area contributed by atoms with Gasteiger partial charge in [0.05, 0.1) is 18.0 Å². The second-order valence-electron chi connectivity index (χ2n) is 6.75. The fraction of sp³-hybridized carbons (Fsp3) is 0.474. The predicted molar refractivity (Wildman–Crippen MR) is 102 cm³/mol. The van der Waals surface area contributed by atoms with Gasteiger partial charge in [-0.1, -0.05) is 13.8 Å². The maximum absolute atomic E-state index is 12.5. The number of rotatable bonds is 10. The summed E-state index contributed by atoms with van der Waals surface area (Å²) in [5.74, 6) is -0.823. The summed E-state index contributed by atoms with van der Waals surface area (Å²) in [7, 11) is 1.60. The quantitative estimate of drug-likeness (QED) is 0.595. The van der Waals surface area contributed by atoms with Gasteiger partial charge in [0.25, 0.3) is 5.91 Å². The molecule has 9 heteroatoms. The first kappa shape index (κ1) is 21.4. The van der Waals surface area contributed by atoms with Crippen LogP contribution in [0.25, 0.3) is 5.69 Å². The second kappa shape index (κ2) is 9.84. The summed E-state index contributed by atoms with van der Waals surface area (Å²) in [5.41, 5.74) is 1.15. The molecule has 0 radical (unpaired) electrons. The minimum Gasteiger partial charge on any atom is -0.491 e. The highest BCUT2D eigenvalue weighted by Gasteiger charge is 2.24. The summed E-state index contributed by atoms with van der Waals surface area (Å²) >= 11 is 0. The average molecular weight is 390 g/mol. The Morgan fingerprint density at radius 2 is 1.86 bits per heavy atom. The van der Waals surface area contributed by atoms with E-state index in [0.717, 1.165) is 0 Å². The summed E-state index contributed by atoms with van der Waals surface area (Å²) in [5, 5.41) is 20.3. The normalized spacial score (nSPS) is 12.0. The summed E-state index contributed by atoms with van der Waals surface area (Å²) in [4.78, 5) is 25.2. The van der Waals surface area contributed by atoms with Crippen molar-refractivity contribution in [3.05, 3.63) is 35.7 Å². The Bertz CT molecular complexity index is 801. The number of carbonyl (C=O) groups is 2. The molecule has 2 N–H and O–H groups in total. The first-order valence-electron chi connectivity index (χ1n) is 9.01. The monoisotopic (exact) mass is 390 g/mol. The molecule has 2 rings (SSSR count). The smallest absolute Gasteiger partial charge is 0.326 e. The van der Waals surface area contributed by atoms with Gasteiger partial charge in [0.1, 0.15) is 18.4 Å². The highest BCUT2D eigenvalue weighted by atomic mass is 16.5. The van der Waals surface area contributed by atoms with Gasteiger partial charge in [0, 0.05) is 7.11 Å². The Kier molecular flexibility index (Phi) is 7.51. The highest BCUT2D eigenvalue weighted by molar-refractivity contribution is 5.95. The molecule has 1 aromatic heterocycles. The Hall–Kier alpha value is -2.94. The lowest BCUT2D eigenvalue weighted by Gasteiger charge is -2.15. The number of nitrogens with one attached hydrogen (secondary N) is 1. The third-order valence-electron chi connectivity index (χ3n) is 3.93. The molecule has 1 heterocycles. The summed E-state index contributed by atoms with van der Waals surface area (Å²) in [6, 6.07) is 6.10. The number of amides is 1. The number of aryl methyl sites for hydroxylation is 1. The van der Waals surface area contributed by atoms with Crippen LogP contribution in [0.1, 0.15) is 36.5 Å². The molecule has 0 aliphatic rings. The van der Waals surface area contributed by atoms with Gasteiger partial charge in [-0.05, 0) is 43.5 Å². The van der Waals surface area contributed by atoms with Gasteiger partial charge < -0.3 is 19.9 Å². The Balaban J connectivity index is 2.11. The molecule has 1 aromatic carbocycles. The van der Waals surface area contributed by atoms with Crippen molar-refractivity contribution in [3.8, 4) is 11.4 Å². The van der Waals surface area contributed by atoms with E-state index in [1.807, 2.05) is 13.8 Å². The van der Waals surface area contributed by atoms with E-state index < -0.39 is 17.9 Å². The number of carboxylic acid groups (broad SMARTS) is 1. The van der Waals surface area contributed by atoms with E-state index in [9.17, 15) is 14.7 Å². The molecule has 0 saturated carbocycles. The van der Waals surface area contributed by atoms with Crippen LogP contribution in [0.4, 0.5) is 0 Å². The van der Waals surface area contributed by atoms with Crippen molar-refractivity contribution < 1.29 is 24.2 Å². The number of methoxy groups -OCH3 is 1. The molecular formula is C19H26N4O5. The number of carbonyl (C=O) groups excluding carboxylic acids is 1. The third-order valence-corrected chi connectivity index (χ3v) is 3.93. The maximum Gasteiger partial charge on any atom is 0.326 e. The van der Waals surface area contributed by atoms with E-state index in [1.165, 1.54) is 4.80 Å². The Morgan fingerprint density at radius 1 is 1.18 bits per heavy atom.